The maximum absolute atomic E-state index is 0. The second-order valence-corrected chi connectivity index (χ2v) is 0. The standard InChI is InChI=1S/Bi.Ca.Li.Zn. The van der Waals surface area contributed by atoms with Crippen LogP contribution in [0.3, 0.4) is 0 Å². The minimum Gasteiger partial charge on any atom is 0 e. The summed E-state index contributed by atoms with van der Waals surface area (Å²) in [6.45, 7) is 0. The van der Waals surface area contributed by atoms with Crippen LogP contribution in [-0.4, -0.2) is 82.8 Å². The molecule has 0 aliphatic rings. The number of hydrogen-bond acceptors (Lipinski definition) is 0. The summed E-state index contributed by atoms with van der Waals surface area (Å²) in [5, 5.41) is 0. The van der Waals surface area contributed by atoms with Crippen molar-refractivity contribution in [3.05, 3.63) is 0 Å². The smallest absolute Gasteiger partial charge is 0 e. The molecular formula is BiCaLiZn. The van der Waals surface area contributed by atoms with E-state index in [1.54, 1.807) is 0 Å². The third kappa shape index (κ3) is 9.03. The molecule has 0 aromatic carbocycles. The molecule has 0 fully saturated rings. The zero-order chi connectivity index (χ0) is 0. The van der Waals surface area contributed by atoms with Gasteiger partial charge < -0.3 is 0 Å². The van der Waals surface area contributed by atoms with Gasteiger partial charge in [0, 0.05) is 102 Å². The molecule has 0 aliphatic carbocycles. The van der Waals surface area contributed by atoms with Crippen LogP contribution in [0, 0.1) is 0 Å². The Morgan fingerprint density at radius 3 is 1.00 bits per heavy atom. The van der Waals surface area contributed by atoms with Crippen molar-refractivity contribution in [3.8, 4) is 0 Å². The van der Waals surface area contributed by atoms with Gasteiger partial charge in [-0.25, -0.2) is 0 Å². The van der Waals surface area contributed by atoms with Gasteiger partial charge in [-0.2, -0.15) is 0 Å². The topological polar surface area (TPSA) is 0 Å². The van der Waals surface area contributed by atoms with Gasteiger partial charge >= 0.3 is 0 Å². The van der Waals surface area contributed by atoms with Crippen LogP contribution in [0.5, 0.6) is 0 Å². The molecule has 0 saturated heterocycles. The monoisotopic (exact) mass is 320 g/mol. The molecule has 0 N–H and O–H groups in total. The molecule has 0 aromatic heterocycles. The average Bonchev–Trinajstić information content (AvgIpc) is 0. The summed E-state index contributed by atoms with van der Waals surface area (Å²) < 4.78 is 0. The first-order valence-electron chi connectivity index (χ1n) is 0. The van der Waals surface area contributed by atoms with Crippen LogP contribution in [0.25, 0.3) is 0 Å². The third-order valence-corrected chi connectivity index (χ3v) is 0. The summed E-state index contributed by atoms with van der Waals surface area (Å²) in [5.74, 6) is 0. The van der Waals surface area contributed by atoms with E-state index in [0.717, 1.165) is 0 Å². The SMILES string of the molecule is [Bi].[Ca].[Li].[Zn]. The van der Waals surface area contributed by atoms with Gasteiger partial charge in [0.25, 0.3) is 0 Å². The van der Waals surface area contributed by atoms with Crippen molar-refractivity contribution in [2.75, 3.05) is 0 Å². The summed E-state index contributed by atoms with van der Waals surface area (Å²) in [5.41, 5.74) is 0. The van der Waals surface area contributed by atoms with Gasteiger partial charge in [0.05, 0.1) is 0 Å². The van der Waals surface area contributed by atoms with Gasteiger partial charge in [0.15, 0.2) is 0 Å². The Hall–Kier alpha value is 3.36. The molecular weight excluding hydrogens is 321 g/mol. The summed E-state index contributed by atoms with van der Waals surface area (Å²) in [7, 11) is 0. The molecule has 6 radical (unpaired) electrons. The Balaban J connectivity index is 0. The van der Waals surface area contributed by atoms with Gasteiger partial charge in [0.2, 0.25) is 0 Å². The van der Waals surface area contributed by atoms with E-state index in [-0.39, 0.29) is 102 Å². The van der Waals surface area contributed by atoms with Crippen molar-refractivity contribution in [2.45, 2.75) is 0 Å². The van der Waals surface area contributed by atoms with Crippen LogP contribution >= 0.6 is 0 Å². The van der Waals surface area contributed by atoms with Crippen LogP contribution in [0.15, 0.2) is 0 Å². The van der Waals surface area contributed by atoms with E-state index >= 15 is 0 Å². The molecule has 4 heavy (non-hydrogen) atoms. The van der Waals surface area contributed by atoms with Gasteiger partial charge in [-0.05, 0) is 0 Å². The maximum atomic E-state index is 0. The van der Waals surface area contributed by atoms with Crippen molar-refractivity contribution < 1.29 is 19.5 Å². The van der Waals surface area contributed by atoms with Crippen LogP contribution < -0.4 is 0 Å². The average molecular weight is 321 g/mol. The Kier molecular flexibility index (Phi) is 107. The predicted molar refractivity (Wildman–Crippen MR) is 17.3 cm³/mol. The third-order valence-electron chi connectivity index (χ3n) is 0. The molecule has 4 heteroatoms. The summed E-state index contributed by atoms with van der Waals surface area (Å²) >= 11 is 0. The molecule has 0 unspecified atom stereocenters. The Bertz CT molecular complexity index is 8.00. The summed E-state index contributed by atoms with van der Waals surface area (Å²) in [6.07, 6.45) is 0. The minimum atomic E-state index is 0. The Morgan fingerprint density at radius 2 is 1.00 bits per heavy atom. The van der Waals surface area contributed by atoms with Gasteiger partial charge in [-0.1, -0.05) is 0 Å². The first-order valence-corrected chi connectivity index (χ1v) is 0. The molecule has 0 heterocycles. The second-order valence-electron chi connectivity index (χ2n) is 0. The number of rotatable bonds is 0. The van der Waals surface area contributed by atoms with Crippen LogP contribution in [0.2, 0.25) is 0 Å². The molecule has 0 aliphatic heterocycles. The molecule has 0 nitrogen and oxygen atoms in total. The molecule has 0 aromatic rings. The van der Waals surface area contributed by atoms with Crippen LogP contribution in [0.4, 0.5) is 0 Å². The van der Waals surface area contributed by atoms with E-state index in [1.807, 2.05) is 0 Å². The Morgan fingerprint density at radius 1 is 1.00 bits per heavy atom. The van der Waals surface area contributed by atoms with Gasteiger partial charge in [0.1, 0.15) is 0 Å². The van der Waals surface area contributed by atoms with Gasteiger partial charge in [-0.3, -0.25) is 0 Å². The molecule has 0 bridgehead atoms. The van der Waals surface area contributed by atoms with Crippen molar-refractivity contribution >= 4 is 82.8 Å². The molecule has 0 atom stereocenters. The zero-order valence-electron chi connectivity index (χ0n) is 2.86. The van der Waals surface area contributed by atoms with Gasteiger partial charge in [-0.15, -0.1) is 0 Å². The summed E-state index contributed by atoms with van der Waals surface area (Å²) in [4.78, 5) is 0. The zero-order valence-corrected chi connectivity index (χ0v) is 11.5. The molecule has 10 valence electrons. The van der Waals surface area contributed by atoms with Crippen LogP contribution in [0.1, 0.15) is 0 Å². The van der Waals surface area contributed by atoms with Crippen molar-refractivity contribution in [2.24, 2.45) is 0 Å². The van der Waals surface area contributed by atoms with E-state index in [1.165, 1.54) is 0 Å². The normalized spacial score (nSPS) is 0. The van der Waals surface area contributed by atoms with E-state index in [0.29, 0.717) is 0 Å². The van der Waals surface area contributed by atoms with E-state index in [2.05, 4.69) is 0 Å². The first kappa shape index (κ1) is 26.4. The number of hydrogen-bond donors (Lipinski definition) is 0. The van der Waals surface area contributed by atoms with E-state index in [9.17, 15) is 0 Å². The van der Waals surface area contributed by atoms with Crippen molar-refractivity contribution in [1.29, 1.82) is 0 Å². The van der Waals surface area contributed by atoms with Crippen molar-refractivity contribution in [3.63, 3.8) is 0 Å². The fourth-order valence-electron chi connectivity index (χ4n) is 0. The molecule has 0 saturated carbocycles. The summed E-state index contributed by atoms with van der Waals surface area (Å²) in [6, 6.07) is 0. The fourth-order valence-corrected chi connectivity index (χ4v) is 0. The predicted octanol–water partition coefficient (Wildman–Crippen LogP) is -1.14. The Labute approximate surface area is 99.9 Å². The second kappa shape index (κ2) is 16.2. The molecule has 0 amide bonds. The minimum absolute atomic E-state index is 0. The van der Waals surface area contributed by atoms with Crippen molar-refractivity contribution in [1.82, 2.24) is 0 Å². The van der Waals surface area contributed by atoms with E-state index < -0.39 is 0 Å². The fraction of sp³-hybridized carbons (Fsp3) is 0. The maximum Gasteiger partial charge on any atom is 0 e. The molecule has 0 spiro atoms. The molecule has 0 rings (SSSR count). The van der Waals surface area contributed by atoms with Crippen LogP contribution in [-0.2, 0) is 19.5 Å². The quantitative estimate of drug-likeness (QED) is 0.495. The van der Waals surface area contributed by atoms with E-state index in [4.69, 9.17) is 0 Å². The largest absolute Gasteiger partial charge is 0 e. The first-order chi connectivity index (χ1) is 0.